The molecule has 0 fully saturated rings. The van der Waals surface area contributed by atoms with Crippen molar-refractivity contribution < 1.29 is 9.59 Å². The van der Waals surface area contributed by atoms with Crippen molar-refractivity contribution in [2.75, 3.05) is 31.5 Å². The van der Waals surface area contributed by atoms with Gasteiger partial charge in [-0.15, -0.1) is 11.3 Å². The van der Waals surface area contributed by atoms with Crippen LogP contribution in [-0.2, 0) is 17.8 Å². The van der Waals surface area contributed by atoms with Crippen LogP contribution in [0.2, 0.25) is 0 Å². The van der Waals surface area contributed by atoms with E-state index in [9.17, 15) is 9.59 Å². The number of nitrogens with one attached hydrogen (secondary N) is 3. The van der Waals surface area contributed by atoms with E-state index in [2.05, 4.69) is 32.4 Å². The van der Waals surface area contributed by atoms with Gasteiger partial charge < -0.3 is 20.9 Å². The van der Waals surface area contributed by atoms with Crippen LogP contribution in [0.5, 0.6) is 0 Å². The summed E-state index contributed by atoms with van der Waals surface area (Å²) in [4.78, 5) is 32.1. The average Bonchev–Trinajstić information content (AvgIpc) is 3.24. The molecule has 1 aliphatic heterocycles. The first-order valence-electron chi connectivity index (χ1n) is 10.1. The van der Waals surface area contributed by atoms with E-state index in [0.29, 0.717) is 32.6 Å². The van der Waals surface area contributed by atoms with E-state index in [1.165, 1.54) is 10.4 Å². The number of hydrogen-bond donors (Lipinski definition) is 3. The molecule has 3 aromatic rings. The van der Waals surface area contributed by atoms with Crippen LogP contribution in [0.25, 0.3) is 10.9 Å². The summed E-state index contributed by atoms with van der Waals surface area (Å²) in [6.07, 6.45) is 1.23. The molecule has 8 heteroatoms. The second-order valence-electron chi connectivity index (χ2n) is 7.18. The maximum absolute atomic E-state index is 12.4. The first kappa shape index (κ1) is 20.2. The van der Waals surface area contributed by atoms with Crippen molar-refractivity contribution in [2.24, 2.45) is 0 Å². The van der Waals surface area contributed by atoms with E-state index in [1.807, 2.05) is 41.3 Å². The third-order valence-corrected chi connectivity index (χ3v) is 6.12. The first-order chi connectivity index (χ1) is 14.7. The van der Waals surface area contributed by atoms with Crippen molar-refractivity contribution in [3.05, 3.63) is 58.3 Å². The minimum absolute atomic E-state index is 0.0798. The third kappa shape index (κ3) is 5.07. The number of hydrogen-bond acceptors (Lipinski definition) is 5. The first-order valence-corrected chi connectivity index (χ1v) is 11.0. The van der Waals surface area contributed by atoms with Gasteiger partial charge in [0.15, 0.2) is 0 Å². The molecular weight excluding hydrogens is 398 g/mol. The van der Waals surface area contributed by atoms with Gasteiger partial charge in [0.05, 0.1) is 5.52 Å². The summed E-state index contributed by atoms with van der Waals surface area (Å²) in [5, 5.41) is 11.9. The smallest absolute Gasteiger partial charge is 0.314 e. The highest BCUT2D eigenvalue weighted by Gasteiger charge is 2.21. The van der Waals surface area contributed by atoms with Gasteiger partial charge in [0, 0.05) is 49.4 Å². The number of thiophene rings is 1. The molecule has 1 aromatic carbocycles. The van der Waals surface area contributed by atoms with E-state index < -0.39 is 0 Å². The normalized spacial score (nSPS) is 13.0. The zero-order valence-electron chi connectivity index (χ0n) is 16.7. The lowest BCUT2D eigenvalue weighted by Crippen LogP contribution is -2.41. The molecule has 0 atom stereocenters. The van der Waals surface area contributed by atoms with Crippen LogP contribution in [0.4, 0.5) is 10.6 Å². The minimum Gasteiger partial charge on any atom is -0.368 e. The predicted octanol–water partition coefficient (Wildman–Crippen LogP) is 2.98. The van der Waals surface area contributed by atoms with Crippen molar-refractivity contribution in [3.63, 3.8) is 0 Å². The lowest BCUT2D eigenvalue weighted by molar-refractivity contribution is -0.131. The summed E-state index contributed by atoms with van der Waals surface area (Å²) >= 11 is 1.76. The number of carbonyl (C=O) groups excluding carboxylic acids is 2. The maximum atomic E-state index is 12.4. The number of para-hydroxylation sites is 1. The number of rotatable bonds is 7. The van der Waals surface area contributed by atoms with Crippen LogP contribution in [0.1, 0.15) is 16.9 Å². The van der Waals surface area contributed by atoms with Crippen LogP contribution in [0.3, 0.4) is 0 Å². The van der Waals surface area contributed by atoms with Gasteiger partial charge in [-0.3, -0.25) is 4.79 Å². The summed E-state index contributed by atoms with van der Waals surface area (Å²) < 4.78 is 0. The Morgan fingerprint density at radius 2 is 1.90 bits per heavy atom. The Labute approximate surface area is 179 Å². The molecule has 0 saturated carbocycles. The summed E-state index contributed by atoms with van der Waals surface area (Å²) in [6, 6.07) is 13.7. The number of pyridine rings is 1. The topological polar surface area (TPSA) is 86.4 Å². The van der Waals surface area contributed by atoms with Gasteiger partial charge in [0.1, 0.15) is 5.82 Å². The quantitative estimate of drug-likeness (QED) is 0.510. The van der Waals surface area contributed by atoms with E-state index in [1.54, 1.807) is 11.3 Å². The number of amides is 3. The average molecular weight is 424 g/mol. The fraction of sp³-hybridized carbons (Fsp3) is 0.318. The van der Waals surface area contributed by atoms with Gasteiger partial charge in [0.25, 0.3) is 0 Å². The number of carbonyl (C=O) groups is 2. The van der Waals surface area contributed by atoms with Crippen LogP contribution in [-0.4, -0.2) is 48.0 Å². The highest BCUT2D eigenvalue weighted by Crippen LogP contribution is 2.24. The van der Waals surface area contributed by atoms with Crippen molar-refractivity contribution in [2.45, 2.75) is 19.4 Å². The third-order valence-electron chi connectivity index (χ3n) is 5.10. The predicted molar refractivity (Wildman–Crippen MR) is 120 cm³/mol. The fourth-order valence-electron chi connectivity index (χ4n) is 3.50. The van der Waals surface area contributed by atoms with E-state index in [0.717, 1.165) is 29.7 Å². The largest absolute Gasteiger partial charge is 0.368 e. The summed E-state index contributed by atoms with van der Waals surface area (Å²) in [7, 11) is 0. The molecule has 3 N–H and O–H groups in total. The lowest BCUT2D eigenvalue weighted by atomic mass is 10.1. The summed E-state index contributed by atoms with van der Waals surface area (Å²) in [5.74, 6) is 0.855. The van der Waals surface area contributed by atoms with E-state index >= 15 is 0 Å². The standard InChI is InChI=1S/C22H25N5O2S/c28-21(27-13-8-19-17(15-27)9-14-30-19)7-10-24-22(29)25-12-11-23-20-6-5-16-3-1-2-4-18(16)26-20/h1-6,9,14H,7-8,10-13,15H2,(H,23,26)(H2,24,25,29). The number of benzene rings is 1. The van der Waals surface area contributed by atoms with Gasteiger partial charge in [0.2, 0.25) is 5.91 Å². The van der Waals surface area contributed by atoms with Gasteiger partial charge >= 0.3 is 6.03 Å². The SMILES string of the molecule is O=C(NCCNc1ccc2ccccc2n1)NCCC(=O)N1CCc2sccc2C1. The molecule has 0 saturated heterocycles. The molecule has 2 aromatic heterocycles. The maximum Gasteiger partial charge on any atom is 0.314 e. The number of nitrogens with zero attached hydrogens (tertiary/aromatic N) is 2. The van der Waals surface area contributed by atoms with Crippen molar-refractivity contribution in [3.8, 4) is 0 Å². The zero-order valence-corrected chi connectivity index (χ0v) is 17.5. The summed E-state index contributed by atoms with van der Waals surface area (Å²) in [6.45, 7) is 2.79. The Balaban J connectivity index is 1.11. The molecule has 3 amide bonds. The molecule has 156 valence electrons. The molecule has 0 unspecified atom stereocenters. The Morgan fingerprint density at radius 3 is 2.83 bits per heavy atom. The van der Waals surface area contributed by atoms with E-state index in [4.69, 9.17) is 0 Å². The Morgan fingerprint density at radius 1 is 1.03 bits per heavy atom. The van der Waals surface area contributed by atoms with E-state index in [-0.39, 0.29) is 11.9 Å². The zero-order chi connectivity index (χ0) is 20.8. The second kappa shape index (κ2) is 9.58. The molecule has 0 aliphatic carbocycles. The number of aromatic nitrogens is 1. The molecule has 30 heavy (non-hydrogen) atoms. The molecule has 7 nitrogen and oxygen atoms in total. The highest BCUT2D eigenvalue weighted by molar-refractivity contribution is 7.10. The second-order valence-corrected chi connectivity index (χ2v) is 8.18. The molecule has 0 radical (unpaired) electrons. The monoisotopic (exact) mass is 423 g/mol. The van der Waals surface area contributed by atoms with Crippen LogP contribution < -0.4 is 16.0 Å². The van der Waals surface area contributed by atoms with Crippen molar-refractivity contribution in [1.82, 2.24) is 20.5 Å². The number of urea groups is 1. The minimum atomic E-state index is -0.269. The molecule has 0 bridgehead atoms. The molecule has 4 rings (SSSR count). The van der Waals surface area contributed by atoms with Crippen molar-refractivity contribution >= 4 is 40.0 Å². The van der Waals surface area contributed by atoms with Gasteiger partial charge in [-0.2, -0.15) is 0 Å². The highest BCUT2D eigenvalue weighted by atomic mass is 32.1. The van der Waals surface area contributed by atoms with Gasteiger partial charge in [-0.25, -0.2) is 9.78 Å². The fourth-order valence-corrected chi connectivity index (χ4v) is 4.39. The molecule has 1 aliphatic rings. The van der Waals surface area contributed by atoms with Crippen LogP contribution in [0.15, 0.2) is 47.8 Å². The summed E-state index contributed by atoms with van der Waals surface area (Å²) in [5.41, 5.74) is 2.18. The van der Waals surface area contributed by atoms with Gasteiger partial charge in [-0.05, 0) is 41.6 Å². The van der Waals surface area contributed by atoms with Crippen LogP contribution >= 0.6 is 11.3 Å². The molecule has 3 heterocycles. The number of fused-ring (bicyclic) bond motifs is 2. The number of anilines is 1. The van der Waals surface area contributed by atoms with Gasteiger partial charge in [-0.1, -0.05) is 18.2 Å². The Bertz CT molecular complexity index is 1040. The molecular formula is C22H25N5O2S. The molecule has 0 spiro atoms. The Hall–Kier alpha value is -3.13. The Kier molecular flexibility index (Phi) is 6.44. The van der Waals surface area contributed by atoms with Crippen molar-refractivity contribution in [1.29, 1.82) is 0 Å². The van der Waals surface area contributed by atoms with Crippen LogP contribution in [0, 0.1) is 0 Å². The lowest BCUT2D eigenvalue weighted by Gasteiger charge is -2.27.